The van der Waals surface area contributed by atoms with Crippen molar-refractivity contribution in [2.24, 2.45) is 0 Å². The van der Waals surface area contributed by atoms with Crippen molar-refractivity contribution in [1.82, 2.24) is 0 Å². The Labute approximate surface area is 332 Å². The van der Waals surface area contributed by atoms with Crippen LogP contribution in [0.15, 0.2) is 72.8 Å². The molecule has 13 heteroatoms. The van der Waals surface area contributed by atoms with E-state index in [1.165, 1.54) is 19.3 Å². The van der Waals surface area contributed by atoms with Crippen molar-refractivity contribution in [3.63, 3.8) is 0 Å². The van der Waals surface area contributed by atoms with E-state index >= 15 is 0 Å². The Hall–Kier alpha value is -4.33. The van der Waals surface area contributed by atoms with Crippen LogP contribution in [-0.4, -0.2) is 51.1 Å². The monoisotopic (exact) mass is 802 g/mol. The van der Waals surface area contributed by atoms with Gasteiger partial charge in [0.05, 0.1) is 50.5 Å². The molecule has 306 valence electrons. The van der Waals surface area contributed by atoms with Crippen LogP contribution in [0, 0.1) is 23.3 Å². The summed E-state index contributed by atoms with van der Waals surface area (Å²) >= 11 is 1.72. The molecule has 0 saturated heterocycles. The molecule has 0 aliphatic heterocycles. The summed E-state index contributed by atoms with van der Waals surface area (Å²) in [7, 11) is 0. The van der Waals surface area contributed by atoms with Crippen LogP contribution in [0.2, 0.25) is 0 Å². The summed E-state index contributed by atoms with van der Waals surface area (Å²) in [5.74, 6) is 1.85. The number of halogens is 4. The average molecular weight is 803 g/mol. The van der Waals surface area contributed by atoms with Crippen LogP contribution in [0.3, 0.4) is 0 Å². The Morgan fingerprint density at radius 2 is 1.07 bits per heavy atom. The van der Waals surface area contributed by atoms with Gasteiger partial charge in [-0.05, 0) is 118 Å². The number of nitrogen functional groups attached to an aromatic ring is 2. The van der Waals surface area contributed by atoms with E-state index in [1.807, 2.05) is 30.5 Å². The molecule has 4 N–H and O–H groups in total. The SMILES string of the molecule is CSCCOc1ccc(OCCCCOCc2cc(F)ccc2F)c(N)c1.Nc1cc(OC2CCCCC2)ccc1OCCCCOCc1cc(F)ccc1F. The van der Waals surface area contributed by atoms with Gasteiger partial charge < -0.3 is 39.9 Å². The molecule has 0 aromatic heterocycles. The predicted octanol–water partition coefficient (Wildman–Crippen LogP) is 10.3. The smallest absolute Gasteiger partial charge is 0.142 e. The summed E-state index contributed by atoms with van der Waals surface area (Å²) in [5.41, 5.74) is 13.6. The highest BCUT2D eigenvalue weighted by Gasteiger charge is 2.15. The molecular weight excluding hydrogens is 749 g/mol. The third-order valence-electron chi connectivity index (χ3n) is 8.79. The molecule has 0 amide bonds. The van der Waals surface area contributed by atoms with Crippen LogP contribution in [0.4, 0.5) is 28.9 Å². The fourth-order valence-corrected chi connectivity index (χ4v) is 6.00. The van der Waals surface area contributed by atoms with E-state index in [1.54, 1.807) is 23.9 Å². The number of benzene rings is 4. The van der Waals surface area contributed by atoms with Crippen LogP contribution < -0.4 is 30.4 Å². The summed E-state index contributed by atoms with van der Waals surface area (Å²) in [4.78, 5) is 0. The summed E-state index contributed by atoms with van der Waals surface area (Å²) in [6.07, 6.45) is 11.3. The second-order valence-electron chi connectivity index (χ2n) is 13.3. The van der Waals surface area contributed by atoms with Crippen molar-refractivity contribution in [3.8, 4) is 23.0 Å². The summed E-state index contributed by atoms with van der Waals surface area (Å²) in [5, 5.41) is 0. The van der Waals surface area contributed by atoms with Gasteiger partial charge in [-0.15, -0.1) is 0 Å². The molecular formula is C43H54F4N2O6S. The van der Waals surface area contributed by atoms with Crippen molar-refractivity contribution in [1.29, 1.82) is 0 Å². The van der Waals surface area contributed by atoms with Gasteiger partial charge in [-0.1, -0.05) is 6.42 Å². The highest BCUT2D eigenvalue weighted by atomic mass is 32.2. The maximum Gasteiger partial charge on any atom is 0.142 e. The van der Waals surface area contributed by atoms with Crippen LogP contribution in [-0.2, 0) is 22.7 Å². The molecule has 0 heterocycles. The van der Waals surface area contributed by atoms with E-state index in [-0.39, 0.29) is 30.4 Å². The largest absolute Gasteiger partial charge is 0.493 e. The van der Waals surface area contributed by atoms with Crippen molar-refractivity contribution in [2.45, 2.75) is 77.1 Å². The number of hydrogen-bond acceptors (Lipinski definition) is 9. The zero-order chi connectivity index (χ0) is 40.0. The number of unbranched alkanes of at least 4 members (excludes halogenated alkanes) is 2. The van der Waals surface area contributed by atoms with Gasteiger partial charge in [-0.2, -0.15) is 11.8 Å². The number of thioether (sulfide) groups is 1. The first kappa shape index (κ1) is 44.4. The van der Waals surface area contributed by atoms with Crippen molar-refractivity contribution < 1.29 is 46.0 Å². The van der Waals surface area contributed by atoms with Crippen molar-refractivity contribution >= 4 is 23.1 Å². The Balaban J connectivity index is 0.000000249. The van der Waals surface area contributed by atoms with Gasteiger partial charge in [0.2, 0.25) is 0 Å². The minimum Gasteiger partial charge on any atom is -0.493 e. The van der Waals surface area contributed by atoms with Crippen LogP contribution >= 0.6 is 11.8 Å². The molecule has 56 heavy (non-hydrogen) atoms. The molecule has 8 nitrogen and oxygen atoms in total. The molecule has 0 radical (unpaired) electrons. The Kier molecular flexibility index (Phi) is 19.8. The van der Waals surface area contributed by atoms with E-state index in [0.717, 1.165) is 92.2 Å². The van der Waals surface area contributed by atoms with Gasteiger partial charge in [0.1, 0.15) is 46.3 Å². The predicted molar refractivity (Wildman–Crippen MR) is 215 cm³/mol. The first-order valence-electron chi connectivity index (χ1n) is 19.1. The Morgan fingerprint density at radius 3 is 1.59 bits per heavy atom. The van der Waals surface area contributed by atoms with E-state index in [2.05, 4.69) is 0 Å². The fourth-order valence-electron chi connectivity index (χ4n) is 5.75. The molecule has 0 bridgehead atoms. The normalized spacial score (nSPS) is 12.8. The third-order valence-corrected chi connectivity index (χ3v) is 9.36. The molecule has 5 rings (SSSR count). The van der Waals surface area contributed by atoms with Gasteiger partial charge in [0.25, 0.3) is 0 Å². The molecule has 1 aliphatic rings. The lowest BCUT2D eigenvalue weighted by Crippen LogP contribution is -2.19. The van der Waals surface area contributed by atoms with Gasteiger partial charge in [0.15, 0.2) is 0 Å². The first-order chi connectivity index (χ1) is 27.2. The van der Waals surface area contributed by atoms with Crippen LogP contribution in [0.1, 0.15) is 68.9 Å². The minimum atomic E-state index is -0.471. The van der Waals surface area contributed by atoms with Crippen LogP contribution in [0.25, 0.3) is 0 Å². The quantitative estimate of drug-likeness (QED) is 0.0456. The Morgan fingerprint density at radius 1 is 0.571 bits per heavy atom. The molecule has 0 unspecified atom stereocenters. The highest BCUT2D eigenvalue weighted by Crippen LogP contribution is 2.30. The first-order valence-corrected chi connectivity index (χ1v) is 20.5. The standard InChI is InChI=1S/C23H29F2NO3.C20H25F2NO3S/c24-18-8-10-21(25)17(14-18)16-27-12-4-5-13-28-23-11-9-20(15-22(23)26)29-19-6-2-1-3-7-19;1-27-11-10-25-17-5-7-20(19(23)13-17)26-9-3-2-8-24-14-15-12-16(21)4-6-18(15)22/h8-11,14-15,19H,1-7,12-13,16,26H2;4-7,12-13H,2-3,8-11,14,23H2,1H3. The molecule has 1 fully saturated rings. The highest BCUT2D eigenvalue weighted by molar-refractivity contribution is 7.98. The van der Waals surface area contributed by atoms with Crippen molar-refractivity contribution in [3.05, 3.63) is 107 Å². The molecule has 1 aliphatic carbocycles. The lowest BCUT2D eigenvalue weighted by molar-refractivity contribution is 0.111. The minimum absolute atomic E-state index is 0.0510. The fraction of sp³-hybridized carbons (Fsp3) is 0.442. The Bertz CT molecular complexity index is 1750. The van der Waals surface area contributed by atoms with E-state index in [4.69, 9.17) is 39.9 Å². The van der Waals surface area contributed by atoms with Gasteiger partial charge >= 0.3 is 0 Å². The number of nitrogens with two attached hydrogens (primary N) is 2. The second-order valence-corrected chi connectivity index (χ2v) is 14.3. The number of hydrogen-bond donors (Lipinski definition) is 2. The number of ether oxygens (including phenoxy) is 6. The molecule has 0 atom stereocenters. The molecule has 4 aromatic carbocycles. The van der Waals surface area contributed by atoms with E-state index in [9.17, 15) is 17.6 Å². The lowest BCUT2D eigenvalue weighted by Gasteiger charge is -2.23. The number of rotatable bonds is 22. The average Bonchev–Trinajstić information content (AvgIpc) is 3.19. The maximum atomic E-state index is 13.5. The topological polar surface area (TPSA) is 107 Å². The summed E-state index contributed by atoms with van der Waals surface area (Å²) in [6.45, 7) is 2.63. The number of anilines is 2. The third kappa shape index (κ3) is 16.4. The second kappa shape index (κ2) is 25.0. The van der Waals surface area contributed by atoms with Gasteiger partial charge in [-0.25, -0.2) is 17.6 Å². The molecule has 1 saturated carbocycles. The summed E-state index contributed by atoms with van der Waals surface area (Å²) in [6, 6.07) is 17.7. The van der Waals surface area contributed by atoms with Crippen molar-refractivity contribution in [2.75, 3.05) is 56.5 Å². The lowest BCUT2D eigenvalue weighted by atomic mass is 9.98. The van der Waals surface area contributed by atoms with Gasteiger partial charge in [-0.3, -0.25) is 0 Å². The van der Waals surface area contributed by atoms with E-state index in [0.29, 0.717) is 55.9 Å². The summed E-state index contributed by atoms with van der Waals surface area (Å²) < 4.78 is 86.9. The van der Waals surface area contributed by atoms with Crippen LogP contribution in [0.5, 0.6) is 23.0 Å². The van der Waals surface area contributed by atoms with Gasteiger partial charge in [0, 0.05) is 42.2 Å². The molecule has 0 spiro atoms. The maximum absolute atomic E-state index is 13.5. The zero-order valence-corrected chi connectivity index (χ0v) is 32.9. The van der Waals surface area contributed by atoms with E-state index < -0.39 is 23.3 Å². The molecule has 4 aromatic rings. The zero-order valence-electron chi connectivity index (χ0n) is 32.1.